The minimum atomic E-state index is -0.0377. The molecule has 0 aliphatic carbocycles. The summed E-state index contributed by atoms with van der Waals surface area (Å²) < 4.78 is 5.34. The molecule has 1 atom stereocenters. The summed E-state index contributed by atoms with van der Waals surface area (Å²) >= 11 is 0. The number of para-hydroxylation sites is 1. The summed E-state index contributed by atoms with van der Waals surface area (Å²) in [5.41, 5.74) is 9.66. The lowest BCUT2D eigenvalue weighted by atomic mass is 9.97. The lowest BCUT2D eigenvalue weighted by molar-refractivity contribution is 0.408. The third-order valence-electron chi connectivity index (χ3n) is 3.10. The van der Waals surface area contributed by atoms with Gasteiger partial charge in [0.25, 0.3) is 0 Å². The Labute approximate surface area is 108 Å². The van der Waals surface area contributed by atoms with Crippen molar-refractivity contribution in [1.29, 1.82) is 0 Å². The zero-order chi connectivity index (χ0) is 13.0. The van der Waals surface area contributed by atoms with Crippen molar-refractivity contribution < 1.29 is 4.74 Å². The molecule has 1 heterocycles. The first-order valence-electron chi connectivity index (χ1n) is 6.00. The van der Waals surface area contributed by atoms with Crippen molar-refractivity contribution in [3.05, 3.63) is 59.4 Å². The van der Waals surface area contributed by atoms with Gasteiger partial charge >= 0.3 is 0 Å². The number of aromatic nitrogens is 1. The number of nitrogens with zero attached hydrogens (tertiary/aromatic N) is 1. The highest BCUT2D eigenvalue weighted by molar-refractivity contribution is 5.36. The van der Waals surface area contributed by atoms with E-state index in [1.54, 1.807) is 13.3 Å². The van der Waals surface area contributed by atoms with Crippen LogP contribution in [-0.2, 0) is 6.42 Å². The fourth-order valence-corrected chi connectivity index (χ4v) is 2.12. The van der Waals surface area contributed by atoms with Gasteiger partial charge in [-0.2, -0.15) is 0 Å². The molecule has 3 heteroatoms. The Bertz CT molecular complexity index is 525. The number of rotatable bonds is 4. The van der Waals surface area contributed by atoms with Crippen molar-refractivity contribution in [2.24, 2.45) is 5.73 Å². The van der Waals surface area contributed by atoms with Gasteiger partial charge in [-0.15, -0.1) is 0 Å². The Morgan fingerprint density at radius 1 is 1.28 bits per heavy atom. The number of aryl methyl sites for hydroxylation is 1. The summed E-state index contributed by atoms with van der Waals surface area (Å²) in [6.45, 7) is 2.03. The minimum Gasteiger partial charge on any atom is -0.496 e. The molecule has 1 unspecified atom stereocenters. The van der Waals surface area contributed by atoms with E-state index in [9.17, 15) is 0 Å². The highest BCUT2D eigenvalue weighted by Crippen LogP contribution is 2.24. The summed E-state index contributed by atoms with van der Waals surface area (Å²) in [6, 6.07) is 9.92. The third kappa shape index (κ3) is 2.68. The van der Waals surface area contributed by atoms with Crippen molar-refractivity contribution in [3.8, 4) is 5.75 Å². The zero-order valence-electron chi connectivity index (χ0n) is 10.8. The Morgan fingerprint density at radius 3 is 2.78 bits per heavy atom. The molecule has 1 aromatic heterocycles. The lowest BCUT2D eigenvalue weighted by Crippen LogP contribution is -2.15. The molecule has 0 saturated carbocycles. The van der Waals surface area contributed by atoms with Gasteiger partial charge < -0.3 is 10.5 Å². The van der Waals surface area contributed by atoms with Gasteiger partial charge in [-0.1, -0.05) is 18.2 Å². The molecule has 18 heavy (non-hydrogen) atoms. The van der Waals surface area contributed by atoms with Gasteiger partial charge in [-0.25, -0.2) is 0 Å². The molecular formula is C15H18N2O. The third-order valence-corrected chi connectivity index (χ3v) is 3.10. The second-order valence-electron chi connectivity index (χ2n) is 4.35. The van der Waals surface area contributed by atoms with E-state index in [4.69, 9.17) is 10.5 Å². The van der Waals surface area contributed by atoms with Gasteiger partial charge in [0.05, 0.1) is 7.11 Å². The van der Waals surface area contributed by atoms with E-state index in [1.165, 1.54) is 0 Å². The Morgan fingerprint density at radius 2 is 2.06 bits per heavy atom. The van der Waals surface area contributed by atoms with Crippen LogP contribution in [0.4, 0.5) is 0 Å². The number of ether oxygens (including phenoxy) is 1. The smallest absolute Gasteiger partial charge is 0.122 e. The van der Waals surface area contributed by atoms with Crippen LogP contribution in [0.2, 0.25) is 0 Å². The molecule has 2 aromatic rings. The van der Waals surface area contributed by atoms with Gasteiger partial charge in [0, 0.05) is 18.4 Å². The normalized spacial score (nSPS) is 12.2. The molecule has 0 fully saturated rings. The second kappa shape index (κ2) is 5.65. The SMILES string of the molecule is COc1ccccc1CC(N)c1ccncc1C. The number of pyridine rings is 1. The molecule has 0 aliphatic heterocycles. The maximum atomic E-state index is 6.27. The Kier molecular flexibility index (Phi) is 3.95. The van der Waals surface area contributed by atoms with Crippen LogP contribution in [0, 0.1) is 6.92 Å². The quantitative estimate of drug-likeness (QED) is 0.896. The van der Waals surface area contributed by atoms with E-state index in [0.717, 1.165) is 28.9 Å². The van der Waals surface area contributed by atoms with Crippen molar-refractivity contribution in [2.75, 3.05) is 7.11 Å². The van der Waals surface area contributed by atoms with Gasteiger partial charge in [-0.05, 0) is 42.2 Å². The van der Waals surface area contributed by atoms with Gasteiger partial charge in [0.15, 0.2) is 0 Å². The van der Waals surface area contributed by atoms with Gasteiger partial charge in [0.1, 0.15) is 5.75 Å². The van der Waals surface area contributed by atoms with Crippen LogP contribution in [0.5, 0.6) is 5.75 Å². The molecule has 0 bridgehead atoms. The molecular weight excluding hydrogens is 224 g/mol. The first-order chi connectivity index (χ1) is 8.72. The van der Waals surface area contributed by atoms with Crippen molar-refractivity contribution in [2.45, 2.75) is 19.4 Å². The van der Waals surface area contributed by atoms with Gasteiger partial charge in [0.2, 0.25) is 0 Å². The van der Waals surface area contributed by atoms with E-state index in [0.29, 0.717) is 0 Å². The maximum absolute atomic E-state index is 6.27. The molecule has 3 nitrogen and oxygen atoms in total. The number of methoxy groups -OCH3 is 1. The summed E-state index contributed by atoms with van der Waals surface area (Å²) in [6.07, 6.45) is 4.39. The highest BCUT2D eigenvalue weighted by atomic mass is 16.5. The summed E-state index contributed by atoms with van der Waals surface area (Å²) in [5.74, 6) is 0.889. The van der Waals surface area contributed by atoms with E-state index in [-0.39, 0.29) is 6.04 Å². The fraction of sp³-hybridized carbons (Fsp3) is 0.267. The van der Waals surface area contributed by atoms with Crippen LogP contribution in [-0.4, -0.2) is 12.1 Å². The molecule has 94 valence electrons. The van der Waals surface area contributed by atoms with Crippen LogP contribution in [0.15, 0.2) is 42.7 Å². The van der Waals surface area contributed by atoms with Crippen molar-refractivity contribution in [1.82, 2.24) is 4.98 Å². The fourth-order valence-electron chi connectivity index (χ4n) is 2.12. The van der Waals surface area contributed by atoms with Crippen LogP contribution < -0.4 is 10.5 Å². The molecule has 0 amide bonds. The largest absolute Gasteiger partial charge is 0.496 e. The monoisotopic (exact) mass is 242 g/mol. The Hall–Kier alpha value is -1.87. The first kappa shape index (κ1) is 12.6. The van der Waals surface area contributed by atoms with Crippen molar-refractivity contribution >= 4 is 0 Å². The highest BCUT2D eigenvalue weighted by Gasteiger charge is 2.12. The number of hydrogen-bond donors (Lipinski definition) is 1. The van der Waals surface area contributed by atoms with Crippen molar-refractivity contribution in [3.63, 3.8) is 0 Å². The van der Waals surface area contributed by atoms with E-state index in [2.05, 4.69) is 11.1 Å². The average Bonchev–Trinajstić information content (AvgIpc) is 2.39. The summed E-state index contributed by atoms with van der Waals surface area (Å²) in [7, 11) is 1.68. The number of benzene rings is 1. The molecule has 2 N–H and O–H groups in total. The summed E-state index contributed by atoms with van der Waals surface area (Å²) in [5, 5.41) is 0. The van der Waals surface area contributed by atoms with Crippen LogP contribution >= 0.6 is 0 Å². The summed E-state index contributed by atoms with van der Waals surface area (Å²) in [4.78, 5) is 4.09. The topological polar surface area (TPSA) is 48.1 Å². The number of nitrogens with two attached hydrogens (primary N) is 1. The van der Waals surface area contributed by atoms with Crippen LogP contribution in [0.3, 0.4) is 0 Å². The molecule has 0 saturated heterocycles. The first-order valence-corrected chi connectivity index (χ1v) is 6.00. The minimum absolute atomic E-state index is 0.0377. The molecule has 0 spiro atoms. The lowest BCUT2D eigenvalue weighted by Gasteiger charge is -2.16. The van der Waals surface area contributed by atoms with Crippen LogP contribution in [0.1, 0.15) is 22.7 Å². The molecule has 1 aromatic carbocycles. The predicted octanol–water partition coefficient (Wildman–Crippen LogP) is 2.64. The standard InChI is InChI=1S/C15H18N2O/c1-11-10-17-8-7-13(11)14(16)9-12-5-3-4-6-15(12)18-2/h3-8,10,14H,9,16H2,1-2H3. The Balaban J connectivity index is 2.21. The van der Waals surface area contributed by atoms with E-state index in [1.807, 2.05) is 37.4 Å². The number of hydrogen-bond acceptors (Lipinski definition) is 3. The maximum Gasteiger partial charge on any atom is 0.122 e. The molecule has 0 radical (unpaired) electrons. The van der Waals surface area contributed by atoms with Crippen LogP contribution in [0.25, 0.3) is 0 Å². The average molecular weight is 242 g/mol. The predicted molar refractivity (Wildman–Crippen MR) is 72.6 cm³/mol. The zero-order valence-corrected chi connectivity index (χ0v) is 10.8. The molecule has 0 aliphatic rings. The van der Waals surface area contributed by atoms with E-state index < -0.39 is 0 Å². The molecule has 2 rings (SSSR count). The second-order valence-corrected chi connectivity index (χ2v) is 4.35. The van der Waals surface area contributed by atoms with Gasteiger partial charge in [-0.3, -0.25) is 4.98 Å². The van der Waals surface area contributed by atoms with E-state index >= 15 is 0 Å².